The zero-order valence-corrected chi connectivity index (χ0v) is 17.8. The van der Waals surface area contributed by atoms with Crippen molar-refractivity contribution in [2.24, 2.45) is 5.92 Å². The first-order valence-corrected chi connectivity index (χ1v) is 11.4. The number of thiophene rings is 1. The fourth-order valence-corrected chi connectivity index (χ4v) is 4.51. The Kier molecular flexibility index (Phi) is 7.86. The summed E-state index contributed by atoms with van der Waals surface area (Å²) in [7, 11) is 0. The summed E-state index contributed by atoms with van der Waals surface area (Å²) in [6, 6.07) is 3.68. The lowest BCUT2D eigenvalue weighted by atomic mass is 9.97. The highest BCUT2D eigenvalue weighted by molar-refractivity contribution is 7.12. The summed E-state index contributed by atoms with van der Waals surface area (Å²) in [5, 5.41) is 4.75. The van der Waals surface area contributed by atoms with E-state index in [2.05, 4.69) is 11.4 Å². The summed E-state index contributed by atoms with van der Waals surface area (Å²) in [4.78, 5) is 39.5. The molecule has 0 spiro atoms. The molecule has 2 amide bonds. The van der Waals surface area contributed by atoms with Gasteiger partial charge in [-0.15, -0.1) is 11.3 Å². The number of rotatable bonds is 7. The Balaban J connectivity index is 1.36. The molecule has 1 saturated heterocycles. The van der Waals surface area contributed by atoms with E-state index in [9.17, 15) is 14.4 Å². The van der Waals surface area contributed by atoms with Gasteiger partial charge < -0.3 is 15.0 Å². The Morgan fingerprint density at radius 2 is 2.07 bits per heavy atom. The van der Waals surface area contributed by atoms with Gasteiger partial charge in [0.2, 0.25) is 0 Å². The van der Waals surface area contributed by atoms with E-state index in [4.69, 9.17) is 4.74 Å². The van der Waals surface area contributed by atoms with Crippen molar-refractivity contribution in [3.05, 3.63) is 34.0 Å². The van der Waals surface area contributed by atoms with Crippen LogP contribution < -0.4 is 5.32 Å². The highest BCUT2D eigenvalue weighted by atomic mass is 32.1. The zero-order valence-electron chi connectivity index (χ0n) is 17.0. The first-order valence-electron chi connectivity index (χ1n) is 10.5. The maximum Gasteiger partial charge on any atom is 0.309 e. The predicted octanol–water partition coefficient (Wildman–Crippen LogP) is 3.54. The molecule has 0 bridgehead atoms. The number of allylic oxidation sites excluding steroid dienone is 1. The third-order valence-electron chi connectivity index (χ3n) is 5.64. The van der Waals surface area contributed by atoms with Crippen LogP contribution in [0.15, 0.2) is 29.2 Å². The molecule has 7 heteroatoms. The van der Waals surface area contributed by atoms with Gasteiger partial charge in [0, 0.05) is 19.6 Å². The monoisotopic (exact) mass is 418 g/mol. The molecule has 1 aliphatic heterocycles. The van der Waals surface area contributed by atoms with Crippen molar-refractivity contribution in [3.8, 4) is 0 Å². The first kappa shape index (κ1) is 21.6. The van der Waals surface area contributed by atoms with E-state index in [1.807, 2.05) is 17.5 Å². The van der Waals surface area contributed by atoms with Gasteiger partial charge in [-0.3, -0.25) is 14.4 Å². The van der Waals surface area contributed by atoms with Gasteiger partial charge >= 0.3 is 5.97 Å². The quantitative estimate of drug-likeness (QED) is 0.543. The zero-order chi connectivity index (χ0) is 20.6. The van der Waals surface area contributed by atoms with Crippen LogP contribution in [0.25, 0.3) is 0 Å². The molecule has 1 N–H and O–H groups in total. The van der Waals surface area contributed by atoms with Gasteiger partial charge in [-0.2, -0.15) is 0 Å². The van der Waals surface area contributed by atoms with Gasteiger partial charge in [0.25, 0.3) is 11.8 Å². The van der Waals surface area contributed by atoms with Gasteiger partial charge in [-0.25, -0.2) is 0 Å². The topological polar surface area (TPSA) is 75.7 Å². The number of piperidine rings is 1. The molecule has 158 valence electrons. The van der Waals surface area contributed by atoms with Crippen LogP contribution >= 0.6 is 11.3 Å². The highest BCUT2D eigenvalue weighted by Gasteiger charge is 2.30. The number of hydrogen-bond acceptors (Lipinski definition) is 5. The van der Waals surface area contributed by atoms with Crippen molar-refractivity contribution in [2.45, 2.75) is 58.0 Å². The maximum absolute atomic E-state index is 12.4. The number of ether oxygens (including phenoxy) is 1. The van der Waals surface area contributed by atoms with Crippen LogP contribution in [0.2, 0.25) is 0 Å². The predicted molar refractivity (Wildman–Crippen MR) is 113 cm³/mol. The third kappa shape index (κ3) is 6.16. The van der Waals surface area contributed by atoms with Gasteiger partial charge in [-0.1, -0.05) is 17.7 Å². The van der Waals surface area contributed by atoms with E-state index in [1.165, 1.54) is 29.8 Å². The SMILES string of the molecule is C[C@@H](OC(=O)C1CCN(C(=O)c2cccs2)CC1)C(=O)NCCC1=CCCCC1. The average Bonchev–Trinajstić information content (AvgIpc) is 3.29. The summed E-state index contributed by atoms with van der Waals surface area (Å²) in [5.41, 5.74) is 1.41. The molecule has 1 aromatic heterocycles. The molecule has 0 radical (unpaired) electrons. The molecule has 1 atom stereocenters. The van der Waals surface area contributed by atoms with Crippen LogP contribution in [-0.2, 0) is 14.3 Å². The van der Waals surface area contributed by atoms with Gasteiger partial charge in [-0.05, 0) is 63.3 Å². The molecule has 2 aliphatic rings. The average molecular weight is 419 g/mol. The molecule has 0 unspecified atom stereocenters. The number of esters is 1. The van der Waals surface area contributed by atoms with Crippen molar-refractivity contribution in [1.29, 1.82) is 0 Å². The van der Waals surface area contributed by atoms with Crippen LogP contribution in [0.1, 0.15) is 61.5 Å². The number of hydrogen-bond donors (Lipinski definition) is 1. The minimum atomic E-state index is -0.798. The lowest BCUT2D eigenvalue weighted by Crippen LogP contribution is -2.42. The number of amides is 2. The van der Waals surface area contributed by atoms with Crippen molar-refractivity contribution >= 4 is 29.1 Å². The molecule has 0 aromatic carbocycles. The molecule has 1 aliphatic carbocycles. The van der Waals surface area contributed by atoms with Gasteiger partial charge in [0.05, 0.1) is 10.8 Å². The number of carbonyl (C=O) groups excluding carboxylic acids is 3. The Labute approximate surface area is 176 Å². The van der Waals surface area contributed by atoms with E-state index in [0.29, 0.717) is 32.5 Å². The van der Waals surface area contributed by atoms with Crippen LogP contribution in [-0.4, -0.2) is 48.4 Å². The fourth-order valence-electron chi connectivity index (χ4n) is 3.82. The minimum Gasteiger partial charge on any atom is -0.452 e. The Hall–Kier alpha value is -2.15. The summed E-state index contributed by atoms with van der Waals surface area (Å²) >= 11 is 1.43. The first-order chi connectivity index (χ1) is 14.0. The number of carbonyl (C=O) groups is 3. The van der Waals surface area contributed by atoms with E-state index in [0.717, 1.165) is 24.1 Å². The second-order valence-electron chi connectivity index (χ2n) is 7.77. The molecular formula is C22H30N2O4S. The minimum absolute atomic E-state index is 0.0210. The van der Waals surface area contributed by atoms with Crippen molar-refractivity contribution < 1.29 is 19.1 Å². The number of likely N-dealkylation sites (tertiary alicyclic amines) is 1. The standard InChI is InChI=1S/C22H30N2O4S/c1-16(20(25)23-12-9-17-6-3-2-4-7-17)28-22(27)18-10-13-24(14-11-18)21(26)19-8-5-15-29-19/h5-6,8,15-16,18H,2-4,7,9-14H2,1H3,(H,23,25)/t16-/m1/s1. The van der Waals surface area contributed by atoms with Crippen LogP contribution in [0.5, 0.6) is 0 Å². The second kappa shape index (κ2) is 10.6. The summed E-state index contributed by atoms with van der Waals surface area (Å²) in [6.45, 7) is 3.26. The van der Waals surface area contributed by atoms with Crippen molar-refractivity contribution in [2.75, 3.05) is 19.6 Å². The molecule has 3 rings (SSSR count). The third-order valence-corrected chi connectivity index (χ3v) is 6.50. The van der Waals surface area contributed by atoms with E-state index >= 15 is 0 Å². The van der Waals surface area contributed by atoms with Gasteiger partial charge in [0.15, 0.2) is 6.10 Å². The Bertz CT molecular complexity index is 736. The van der Waals surface area contributed by atoms with Gasteiger partial charge in [0.1, 0.15) is 0 Å². The lowest BCUT2D eigenvalue weighted by Gasteiger charge is -2.31. The normalized spacial score (nSPS) is 18.7. The highest BCUT2D eigenvalue weighted by Crippen LogP contribution is 2.22. The molecule has 2 heterocycles. The summed E-state index contributed by atoms with van der Waals surface area (Å²) < 4.78 is 5.40. The summed E-state index contributed by atoms with van der Waals surface area (Å²) in [5.74, 6) is -0.830. The molecule has 1 fully saturated rings. The maximum atomic E-state index is 12.4. The lowest BCUT2D eigenvalue weighted by molar-refractivity contribution is -0.160. The van der Waals surface area contributed by atoms with E-state index in [1.54, 1.807) is 11.8 Å². The molecule has 0 saturated carbocycles. The molecule has 6 nitrogen and oxygen atoms in total. The fraction of sp³-hybridized carbons (Fsp3) is 0.591. The molecular weight excluding hydrogens is 388 g/mol. The second-order valence-corrected chi connectivity index (χ2v) is 8.72. The van der Waals surface area contributed by atoms with Crippen molar-refractivity contribution in [3.63, 3.8) is 0 Å². The number of nitrogens with one attached hydrogen (secondary N) is 1. The Morgan fingerprint density at radius 3 is 2.72 bits per heavy atom. The van der Waals surface area contributed by atoms with Crippen molar-refractivity contribution in [1.82, 2.24) is 10.2 Å². The largest absolute Gasteiger partial charge is 0.452 e. The Morgan fingerprint density at radius 1 is 1.28 bits per heavy atom. The van der Waals surface area contributed by atoms with Crippen LogP contribution in [0, 0.1) is 5.92 Å². The van der Waals surface area contributed by atoms with E-state index < -0.39 is 6.10 Å². The molecule has 29 heavy (non-hydrogen) atoms. The summed E-state index contributed by atoms with van der Waals surface area (Å²) in [6.07, 6.45) is 8.21. The smallest absolute Gasteiger partial charge is 0.309 e. The molecule has 1 aromatic rings. The van der Waals surface area contributed by atoms with Crippen LogP contribution in [0.4, 0.5) is 0 Å². The van der Waals surface area contributed by atoms with E-state index in [-0.39, 0.29) is 23.7 Å². The number of nitrogens with zero attached hydrogens (tertiary/aromatic N) is 1. The van der Waals surface area contributed by atoms with Crippen LogP contribution in [0.3, 0.4) is 0 Å².